The van der Waals surface area contributed by atoms with Crippen molar-refractivity contribution in [3.63, 3.8) is 0 Å². The van der Waals surface area contributed by atoms with Crippen LogP contribution in [0.2, 0.25) is 0 Å². The average molecular weight is 488 g/mol. The second-order valence-corrected chi connectivity index (χ2v) is 11.8. The fourth-order valence-electron chi connectivity index (χ4n) is 3.66. The third kappa shape index (κ3) is 7.32. The Kier molecular flexibility index (Phi) is 8.53. The summed E-state index contributed by atoms with van der Waals surface area (Å²) in [6, 6.07) is 12.2. The highest BCUT2D eigenvalue weighted by Crippen LogP contribution is 2.25. The van der Waals surface area contributed by atoms with Gasteiger partial charge in [-0.15, -0.1) is 0 Å². The van der Waals surface area contributed by atoms with Crippen molar-refractivity contribution in [1.29, 1.82) is 0 Å². The fraction of sp³-hybridized carbons (Fsp3) is 0.462. The van der Waals surface area contributed by atoms with Crippen molar-refractivity contribution in [1.82, 2.24) is 10.2 Å². The van der Waals surface area contributed by atoms with E-state index < -0.39 is 34.1 Å². The highest BCUT2D eigenvalue weighted by molar-refractivity contribution is 7.92. The van der Waals surface area contributed by atoms with Gasteiger partial charge in [0.05, 0.1) is 11.9 Å². The van der Waals surface area contributed by atoms with Gasteiger partial charge in [-0.1, -0.05) is 42.0 Å². The van der Waals surface area contributed by atoms with Gasteiger partial charge >= 0.3 is 0 Å². The highest BCUT2D eigenvalue weighted by atomic mass is 32.2. The molecule has 2 rings (SSSR count). The lowest BCUT2D eigenvalue weighted by molar-refractivity contribution is -0.140. The molecule has 0 fully saturated rings. The van der Waals surface area contributed by atoms with Crippen LogP contribution in [-0.2, 0) is 26.2 Å². The summed E-state index contributed by atoms with van der Waals surface area (Å²) in [5, 5.41) is 2.92. The van der Waals surface area contributed by atoms with Crippen molar-refractivity contribution < 1.29 is 18.0 Å². The number of amides is 2. The van der Waals surface area contributed by atoms with E-state index in [4.69, 9.17) is 0 Å². The van der Waals surface area contributed by atoms with Crippen LogP contribution in [-0.4, -0.2) is 49.5 Å². The maximum atomic E-state index is 13.6. The second kappa shape index (κ2) is 10.6. The van der Waals surface area contributed by atoms with Crippen molar-refractivity contribution in [2.75, 3.05) is 17.1 Å². The van der Waals surface area contributed by atoms with Gasteiger partial charge in [-0.05, 0) is 71.2 Å². The molecule has 8 heteroatoms. The molecule has 2 aromatic carbocycles. The Labute approximate surface area is 204 Å². The zero-order chi connectivity index (χ0) is 25.8. The summed E-state index contributed by atoms with van der Waals surface area (Å²) in [6.07, 6.45) is 1.09. The molecule has 34 heavy (non-hydrogen) atoms. The number of hydrogen-bond acceptors (Lipinski definition) is 4. The Bertz CT molecular complexity index is 1150. The first kappa shape index (κ1) is 27.4. The summed E-state index contributed by atoms with van der Waals surface area (Å²) in [4.78, 5) is 28.0. The molecule has 1 atom stereocenters. The lowest BCUT2D eigenvalue weighted by Crippen LogP contribution is -2.54. The molecule has 2 aromatic rings. The van der Waals surface area contributed by atoms with E-state index in [0.29, 0.717) is 5.69 Å². The van der Waals surface area contributed by atoms with Gasteiger partial charge in [0.15, 0.2) is 0 Å². The predicted molar refractivity (Wildman–Crippen MR) is 137 cm³/mol. The van der Waals surface area contributed by atoms with Crippen LogP contribution in [0.4, 0.5) is 5.69 Å². The molecule has 7 nitrogen and oxygen atoms in total. The van der Waals surface area contributed by atoms with Gasteiger partial charge < -0.3 is 10.2 Å². The average Bonchev–Trinajstić information content (AvgIpc) is 2.70. The molecule has 0 radical (unpaired) electrons. The van der Waals surface area contributed by atoms with Crippen LogP contribution in [0.1, 0.15) is 49.9 Å². The van der Waals surface area contributed by atoms with Crippen LogP contribution in [0.3, 0.4) is 0 Å². The number of rotatable bonds is 8. The van der Waals surface area contributed by atoms with E-state index in [1.807, 2.05) is 71.9 Å². The van der Waals surface area contributed by atoms with Gasteiger partial charge in [0.2, 0.25) is 21.8 Å². The van der Waals surface area contributed by atoms with Crippen molar-refractivity contribution in [2.24, 2.45) is 0 Å². The van der Waals surface area contributed by atoms with Crippen molar-refractivity contribution >= 4 is 27.5 Å². The second-order valence-electron chi connectivity index (χ2n) is 9.91. The van der Waals surface area contributed by atoms with Crippen LogP contribution in [0.15, 0.2) is 42.5 Å². The molecule has 0 aliphatic heterocycles. The van der Waals surface area contributed by atoms with Crippen molar-refractivity contribution in [2.45, 2.75) is 66.6 Å². The zero-order valence-electron chi connectivity index (χ0n) is 21.5. The Hall–Kier alpha value is -2.87. The van der Waals surface area contributed by atoms with E-state index in [1.165, 1.54) is 4.90 Å². The van der Waals surface area contributed by atoms with Crippen LogP contribution >= 0.6 is 0 Å². The summed E-state index contributed by atoms with van der Waals surface area (Å²) in [7, 11) is -3.75. The van der Waals surface area contributed by atoms with Gasteiger partial charge in [-0.2, -0.15) is 0 Å². The number of carbonyl (C=O) groups is 2. The van der Waals surface area contributed by atoms with Crippen LogP contribution in [0.5, 0.6) is 0 Å². The molecule has 0 saturated carbocycles. The number of anilines is 1. The van der Waals surface area contributed by atoms with E-state index in [1.54, 1.807) is 19.1 Å². The minimum Gasteiger partial charge on any atom is -0.350 e. The number of hydrogen-bond donors (Lipinski definition) is 1. The smallest absolute Gasteiger partial charge is 0.244 e. The van der Waals surface area contributed by atoms with Gasteiger partial charge in [0.1, 0.15) is 12.6 Å². The van der Waals surface area contributed by atoms with Gasteiger partial charge in [-0.3, -0.25) is 13.9 Å². The third-order valence-electron chi connectivity index (χ3n) is 5.62. The van der Waals surface area contributed by atoms with E-state index in [0.717, 1.165) is 32.8 Å². The summed E-state index contributed by atoms with van der Waals surface area (Å²) in [5.41, 5.74) is 3.59. The lowest BCUT2D eigenvalue weighted by Gasteiger charge is -2.33. The number of sulfonamides is 1. The number of nitrogens with one attached hydrogen (secondary N) is 1. The standard InChI is InChI=1S/C26H37N3O4S/c1-18-11-9-13-22(15-18)16-28(21(4)25(31)27-26(5,6)7)24(30)17-29(34(8,32)33)23-14-10-12-19(2)20(23)3/h9-15,21H,16-17H2,1-8H3,(H,27,31)/t21-/m1/s1. The molecule has 0 spiro atoms. The van der Waals surface area contributed by atoms with Gasteiger partial charge in [-0.25, -0.2) is 8.42 Å². The van der Waals surface area contributed by atoms with Crippen LogP contribution in [0, 0.1) is 20.8 Å². The van der Waals surface area contributed by atoms with Crippen LogP contribution < -0.4 is 9.62 Å². The molecule has 2 amide bonds. The molecule has 1 N–H and O–H groups in total. The molecule has 0 heterocycles. The first-order valence-corrected chi connectivity index (χ1v) is 13.2. The quantitative estimate of drug-likeness (QED) is 0.615. The first-order chi connectivity index (χ1) is 15.6. The SMILES string of the molecule is Cc1cccc(CN(C(=O)CN(c2cccc(C)c2C)S(C)(=O)=O)[C@H](C)C(=O)NC(C)(C)C)c1. The minimum atomic E-state index is -3.75. The van der Waals surface area contributed by atoms with Crippen molar-refractivity contribution in [3.05, 3.63) is 64.7 Å². The molecule has 0 saturated heterocycles. The number of aryl methyl sites for hydroxylation is 2. The zero-order valence-corrected chi connectivity index (χ0v) is 22.3. The molecule has 186 valence electrons. The summed E-state index contributed by atoms with van der Waals surface area (Å²) in [6.45, 7) is 12.7. The van der Waals surface area contributed by atoms with E-state index in [-0.39, 0.29) is 12.5 Å². The van der Waals surface area contributed by atoms with E-state index in [9.17, 15) is 18.0 Å². The van der Waals surface area contributed by atoms with E-state index >= 15 is 0 Å². The molecule has 0 aromatic heterocycles. The first-order valence-electron chi connectivity index (χ1n) is 11.3. The predicted octanol–water partition coefficient (Wildman–Crippen LogP) is 3.71. The maximum absolute atomic E-state index is 13.6. The van der Waals surface area contributed by atoms with Gasteiger partial charge in [0.25, 0.3) is 0 Å². The summed E-state index contributed by atoms with van der Waals surface area (Å²) in [5.74, 6) is -0.754. The number of benzene rings is 2. The third-order valence-corrected chi connectivity index (χ3v) is 6.75. The Morgan fingerprint density at radius 2 is 1.65 bits per heavy atom. The molecular weight excluding hydrogens is 450 g/mol. The molecular formula is C26H37N3O4S. The maximum Gasteiger partial charge on any atom is 0.244 e. The molecule has 0 bridgehead atoms. The highest BCUT2D eigenvalue weighted by Gasteiger charge is 2.31. The number of nitrogens with zero attached hydrogens (tertiary/aromatic N) is 2. The minimum absolute atomic E-state index is 0.184. The van der Waals surface area contributed by atoms with Crippen LogP contribution in [0.25, 0.3) is 0 Å². The van der Waals surface area contributed by atoms with Gasteiger partial charge in [0, 0.05) is 12.1 Å². The fourth-order valence-corrected chi connectivity index (χ4v) is 4.56. The monoisotopic (exact) mass is 487 g/mol. The Morgan fingerprint density at radius 3 is 2.21 bits per heavy atom. The topological polar surface area (TPSA) is 86.8 Å². The Morgan fingerprint density at radius 1 is 1.03 bits per heavy atom. The molecule has 0 aliphatic carbocycles. The summed E-state index contributed by atoms with van der Waals surface area (Å²) >= 11 is 0. The number of carbonyl (C=O) groups excluding carboxylic acids is 2. The molecule has 0 unspecified atom stereocenters. The largest absolute Gasteiger partial charge is 0.350 e. The Balaban J connectivity index is 2.45. The normalized spacial score (nSPS) is 12.7. The van der Waals surface area contributed by atoms with Crippen molar-refractivity contribution in [3.8, 4) is 0 Å². The van der Waals surface area contributed by atoms with E-state index in [2.05, 4.69) is 5.32 Å². The summed E-state index contributed by atoms with van der Waals surface area (Å²) < 4.78 is 26.6. The lowest BCUT2D eigenvalue weighted by atomic mass is 10.1. The molecule has 0 aliphatic rings.